The van der Waals surface area contributed by atoms with Crippen molar-refractivity contribution >= 4 is 35.6 Å². The Bertz CT molecular complexity index is 1370. The van der Waals surface area contributed by atoms with E-state index in [1.807, 2.05) is 37.2 Å². The number of esters is 3. The summed E-state index contributed by atoms with van der Waals surface area (Å²) >= 11 is 0. The van der Waals surface area contributed by atoms with Gasteiger partial charge in [-0.2, -0.15) is 0 Å². The van der Waals surface area contributed by atoms with Gasteiger partial charge in [0.15, 0.2) is 5.60 Å². The van der Waals surface area contributed by atoms with Crippen LogP contribution in [0, 0.1) is 0 Å². The summed E-state index contributed by atoms with van der Waals surface area (Å²) in [6, 6.07) is 12.0. The van der Waals surface area contributed by atoms with Crippen LogP contribution in [0.2, 0.25) is 0 Å². The largest absolute Gasteiger partial charge is 0.506 e. The van der Waals surface area contributed by atoms with Crippen LogP contribution in [-0.2, 0) is 35.0 Å². The number of para-hydroxylation sites is 1. The zero-order valence-corrected chi connectivity index (χ0v) is 21.5. The van der Waals surface area contributed by atoms with E-state index in [9.17, 15) is 29.4 Å². The molecule has 204 valence electrons. The summed E-state index contributed by atoms with van der Waals surface area (Å²) in [6.07, 6.45) is 1.69. The number of likely N-dealkylation sites (tertiary alicyclic amines) is 1. The molecule has 0 saturated carbocycles. The van der Waals surface area contributed by atoms with Gasteiger partial charge < -0.3 is 29.3 Å². The van der Waals surface area contributed by atoms with Gasteiger partial charge in [-0.3, -0.25) is 19.3 Å². The van der Waals surface area contributed by atoms with E-state index in [0.29, 0.717) is 6.42 Å². The van der Waals surface area contributed by atoms with Crippen LogP contribution in [0.4, 0.5) is 5.69 Å². The van der Waals surface area contributed by atoms with E-state index in [1.165, 1.54) is 0 Å². The molecule has 0 radical (unpaired) electrons. The number of phenolic OH excluding ortho intramolecular Hbond substituents is 1. The number of phenols is 1. The number of nitrogens with zero attached hydrogens (tertiary/aromatic N) is 2. The van der Waals surface area contributed by atoms with Crippen LogP contribution >= 0.6 is 0 Å². The Balaban J connectivity index is 1.35. The fourth-order valence-corrected chi connectivity index (χ4v) is 5.18. The highest BCUT2D eigenvalue weighted by Gasteiger charge is 2.66. The van der Waals surface area contributed by atoms with Crippen LogP contribution in [0.25, 0.3) is 6.08 Å². The molecule has 3 saturated heterocycles. The minimum atomic E-state index is -2.43. The first-order valence-electron chi connectivity index (χ1n) is 12.5. The van der Waals surface area contributed by atoms with Crippen LogP contribution in [0.5, 0.6) is 5.75 Å². The van der Waals surface area contributed by atoms with E-state index in [1.54, 1.807) is 36.4 Å². The van der Waals surface area contributed by atoms with Gasteiger partial charge in [0.2, 0.25) is 6.10 Å². The van der Waals surface area contributed by atoms with E-state index in [2.05, 4.69) is 0 Å². The molecule has 3 unspecified atom stereocenters. The van der Waals surface area contributed by atoms with Crippen molar-refractivity contribution in [3.05, 3.63) is 65.2 Å². The maximum atomic E-state index is 13.5. The lowest BCUT2D eigenvalue weighted by Crippen LogP contribution is -2.60. The summed E-state index contributed by atoms with van der Waals surface area (Å²) in [5, 5.41) is 20.8. The average molecular weight is 537 g/mol. The number of benzene rings is 2. The average Bonchev–Trinajstić information content (AvgIpc) is 3.15. The van der Waals surface area contributed by atoms with Crippen LogP contribution in [0.1, 0.15) is 40.7 Å². The van der Waals surface area contributed by atoms with Crippen LogP contribution in [-0.4, -0.2) is 77.2 Å². The molecule has 0 aromatic heterocycles. The lowest BCUT2D eigenvalue weighted by atomic mass is 9.95. The molecule has 0 aliphatic carbocycles. The third kappa shape index (κ3) is 4.69. The molecular weight excluding hydrogens is 508 g/mol. The molecule has 2 aromatic carbocycles. The molecule has 3 heterocycles. The normalized spacial score (nSPS) is 26.3. The van der Waals surface area contributed by atoms with Gasteiger partial charge in [-0.25, -0.2) is 4.79 Å². The quantitative estimate of drug-likeness (QED) is 0.543. The second-order valence-corrected chi connectivity index (χ2v) is 10.0. The molecule has 1 spiro atoms. The number of amides is 1. The number of hydrogen-bond donors (Lipinski definition) is 2. The number of ether oxygens (including phenoxy) is 3. The number of rotatable bonds is 5. The van der Waals surface area contributed by atoms with Gasteiger partial charge in [0.25, 0.3) is 5.91 Å². The van der Waals surface area contributed by atoms with Crippen molar-refractivity contribution in [2.75, 3.05) is 25.5 Å². The highest BCUT2D eigenvalue weighted by molar-refractivity contribution is 5.97. The number of anilines is 1. The topological polar surface area (TPSA) is 143 Å². The summed E-state index contributed by atoms with van der Waals surface area (Å²) in [7, 11) is 3.72. The highest BCUT2D eigenvalue weighted by atomic mass is 16.8. The number of carbonyl (C=O) groups is 4. The molecule has 39 heavy (non-hydrogen) atoms. The SMILES string of the molecule is CN(C)c1c(O)cccc1C/C=C\c1ccc(C(=O)N2CCC3OC(=O)CC4(O)CC(=O)OC32OC4=O)cc1. The highest BCUT2D eigenvalue weighted by Crippen LogP contribution is 2.42. The Morgan fingerprint density at radius 1 is 1.08 bits per heavy atom. The van der Waals surface area contributed by atoms with Crippen molar-refractivity contribution in [1.29, 1.82) is 0 Å². The minimum absolute atomic E-state index is 0.0183. The molecule has 3 aliphatic heterocycles. The third-order valence-electron chi connectivity index (χ3n) is 7.02. The van der Waals surface area contributed by atoms with Crippen molar-refractivity contribution < 1.29 is 43.6 Å². The van der Waals surface area contributed by atoms with Gasteiger partial charge in [0, 0.05) is 32.6 Å². The first-order valence-corrected chi connectivity index (χ1v) is 12.5. The zero-order valence-electron chi connectivity index (χ0n) is 21.5. The number of fused-ring (bicyclic) bond motifs is 2. The molecule has 11 nitrogen and oxygen atoms in total. The minimum Gasteiger partial charge on any atom is -0.506 e. The monoisotopic (exact) mass is 536 g/mol. The van der Waals surface area contributed by atoms with Gasteiger partial charge in [0.05, 0.1) is 18.5 Å². The number of aromatic hydroxyl groups is 1. The van der Waals surface area contributed by atoms with Crippen LogP contribution in [0.3, 0.4) is 0 Å². The molecule has 2 bridgehead atoms. The van der Waals surface area contributed by atoms with E-state index in [-0.39, 0.29) is 24.3 Å². The second kappa shape index (κ2) is 9.73. The van der Waals surface area contributed by atoms with E-state index in [4.69, 9.17) is 14.2 Å². The number of hydrogen-bond acceptors (Lipinski definition) is 10. The lowest BCUT2D eigenvalue weighted by Gasteiger charge is -2.39. The fraction of sp³-hybridized carbons (Fsp3) is 0.357. The Hall–Kier alpha value is -4.38. The predicted octanol–water partition coefficient (Wildman–Crippen LogP) is 1.75. The van der Waals surface area contributed by atoms with Gasteiger partial charge in [-0.15, -0.1) is 0 Å². The van der Waals surface area contributed by atoms with Crippen molar-refractivity contribution in [3.8, 4) is 5.75 Å². The number of aliphatic hydroxyl groups is 1. The smallest absolute Gasteiger partial charge is 0.384 e. The standard InChI is InChI=1S/C28H28N2O9/c1-29(2)24-18(7-4-8-20(24)31)6-3-5-17-9-11-19(12-10-17)25(34)30-14-13-21-28(30)38-23(33)16-27(36,26(35)39-28)15-22(32)37-21/h3-5,7-12,21,31,36H,6,13-16H2,1-2H3/b5-3-. The number of allylic oxidation sites excluding steroid dienone is 1. The van der Waals surface area contributed by atoms with Crippen LogP contribution < -0.4 is 4.90 Å². The summed E-state index contributed by atoms with van der Waals surface area (Å²) in [6.45, 7) is -0.0183. The molecule has 1 amide bonds. The van der Waals surface area contributed by atoms with Crippen molar-refractivity contribution in [2.24, 2.45) is 0 Å². The molecule has 5 rings (SSSR count). The van der Waals surface area contributed by atoms with Gasteiger partial charge in [-0.05, 0) is 35.7 Å². The second-order valence-electron chi connectivity index (χ2n) is 10.0. The third-order valence-corrected chi connectivity index (χ3v) is 7.02. The molecule has 3 atom stereocenters. The lowest BCUT2D eigenvalue weighted by molar-refractivity contribution is -0.296. The molecule has 11 heteroatoms. The van der Waals surface area contributed by atoms with Crippen molar-refractivity contribution in [3.63, 3.8) is 0 Å². The summed E-state index contributed by atoms with van der Waals surface area (Å²) in [5.41, 5.74) is 0.299. The Kier molecular flexibility index (Phi) is 6.55. The summed E-state index contributed by atoms with van der Waals surface area (Å²) in [4.78, 5) is 54.0. The molecule has 3 aliphatic rings. The van der Waals surface area contributed by atoms with Crippen molar-refractivity contribution in [2.45, 2.75) is 43.3 Å². The van der Waals surface area contributed by atoms with Crippen LogP contribution in [0.15, 0.2) is 48.5 Å². The molecular formula is C28H28N2O9. The Morgan fingerprint density at radius 2 is 1.79 bits per heavy atom. The Morgan fingerprint density at radius 3 is 2.51 bits per heavy atom. The van der Waals surface area contributed by atoms with E-state index < -0.39 is 54.3 Å². The summed E-state index contributed by atoms with van der Waals surface area (Å²) < 4.78 is 16.2. The van der Waals surface area contributed by atoms with Gasteiger partial charge in [-0.1, -0.05) is 36.4 Å². The maximum Gasteiger partial charge on any atom is 0.384 e. The fourth-order valence-electron chi connectivity index (χ4n) is 5.18. The predicted molar refractivity (Wildman–Crippen MR) is 136 cm³/mol. The molecule has 2 N–H and O–H groups in total. The first kappa shape index (κ1) is 26.2. The number of carbonyl (C=O) groups excluding carboxylic acids is 4. The van der Waals surface area contributed by atoms with Crippen molar-refractivity contribution in [1.82, 2.24) is 4.90 Å². The first-order chi connectivity index (χ1) is 18.5. The zero-order chi connectivity index (χ0) is 27.9. The van der Waals surface area contributed by atoms with Gasteiger partial charge in [0.1, 0.15) is 5.75 Å². The van der Waals surface area contributed by atoms with E-state index >= 15 is 0 Å². The molecule has 3 fully saturated rings. The maximum absolute atomic E-state index is 13.5. The van der Waals surface area contributed by atoms with Gasteiger partial charge >= 0.3 is 23.8 Å². The summed E-state index contributed by atoms with van der Waals surface area (Å²) in [5.74, 6) is -5.81. The van der Waals surface area contributed by atoms with E-state index in [0.717, 1.165) is 21.7 Å². The Labute approximate surface area is 224 Å². The molecule has 2 aromatic rings.